The van der Waals surface area contributed by atoms with Gasteiger partial charge in [0.25, 0.3) is 11.8 Å². The molecule has 0 saturated carbocycles. The Hall–Kier alpha value is -3.16. The van der Waals surface area contributed by atoms with Gasteiger partial charge in [-0.25, -0.2) is 8.78 Å². The van der Waals surface area contributed by atoms with Gasteiger partial charge in [-0.1, -0.05) is 5.16 Å². The van der Waals surface area contributed by atoms with Crippen LogP contribution in [0.3, 0.4) is 0 Å². The smallest absolute Gasteiger partial charge is 0.257 e. The van der Waals surface area contributed by atoms with Crippen LogP contribution >= 0.6 is 0 Å². The fraction of sp³-hybridized carbons (Fsp3) is 0.263. The Kier molecular flexibility index (Phi) is 4.62. The van der Waals surface area contributed by atoms with Crippen molar-refractivity contribution in [3.05, 3.63) is 65.7 Å². The van der Waals surface area contributed by atoms with Crippen LogP contribution in [0.5, 0.6) is 0 Å². The number of pyridine rings is 1. The van der Waals surface area contributed by atoms with Gasteiger partial charge in [-0.05, 0) is 43.2 Å². The van der Waals surface area contributed by atoms with Crippen molar-refractivity contribution in [1.29, 1.82) is 0 Å². The zero-order valence-corrected chi connectivity index (χ0v) is 14.3. The molecule has 0 bridgehead atoms. The van der Waals surface area contributed by atoms with Crippen LogP contribution in [0.1, 0.15) is 34.9 Å². The topological polar surface area (TPSA) is 72.1 Å². The number of halogens is 2. The third-order valence-electron chi connectivity index (χ3n) is 4.56. The second kappa shape index (κ2) is 7.22. The van der Waals surface area contributed by atoms with E-state index in [4.69, 9.17) is 4.52 Å². The minimum absolute atomic E-state index is 0.0813. The quantitative estimate of drug-likeness (QED) is 0.706. The highest BCUT2D eigenvalue weighted by Gasteiger charge is 2.29. The summed E-state index contributed by atoms with van der Waals surface area (Å²) in [5, 5.41) is 4.03. The van der Waals surface area contributed by atoms with Crippen molar-refractivity contribution in [3.8, 4) is 11.5 Å². The molecule has 3 heterocycles. The van der Waals surface area contributed by atoms with Crippen LogP contribution in [0, 0.1) is 11.6 Å². The molecule has 0 radical (unpaired) electrons. The van der Waals surface area contributed by atoms with Gasteiger partial charge in [-0.15, -0.1) is 0 Å². The Bertz CT molecular complexity index is 958. The lowest BCUT2D eigenvalue weighted by atomic mass is 9.97. The van der Waals surface area contributed by atoms with Crippen molar-refractivity contribution in [1.82, 2.24) is 20.0 Å². The average Bonchev–Trinajstić information content (AvgIpc) is 3.18. The van der Waals surface area contributed by atoms with Gasteiger partial charge in [0.05, 0.1) is 11.8 Å². The first-order valence-corrected chi connectivity index (χ1v) is 8.59. The first-order chi connectivity index (χ1) is 13.1. The van der Waals surface area contributed by atoms with Gasteiger partial charge >= 0.3 is 0 Å². The Balaban J connectivity index is 1.50. The number of piperidine rings is 1. The molecule has 0 N–H and O–H groups in total. The molecule has 1 atom stereocenters. The van der Waals surface area contributed by atoms with Gasteiger partial charge in [0.15, 0.2) is 5.82 Å². The van der Waals surface area contributed by atoms with Crippen molar-refractivity contribution in [2.75, 3.05) is 13.1 Å². The van der Waals surface area contributed by atoms with Crippen LogP contribution in [0.25, 0.3) is 11.5 Å². The monoisotopic (exact) mass is 370 g/mol. The molecule has 0 spiro atoms. The minimum Gasteiger partial charge on any atom is -0.338 e. The molecule has 0 aliphatic carbocycles. The molecule has 138 valence electrons. The highest BCUT2D eigenvalue weighted by molar-refractivity contribution is 5.94. The first-order valence-electron chi connectivity index (χ1n) is 8.59. The third-order valence-corrected chi connectivity index (χ3v) is 4.56. The minimum atomic E-state index is -0.545. The predicted molar refractivity (Wildman–Crippen MR) is 91.8 cm³/mol. The first kappa shape index (κ1) is 17.3. The summed E-state index contributed by atoms with van der Waals surface area (Å²) in [5.74, 6) is -0.425. The molecule has 0 unspecified atom stereocenters. The van der Waals surface area contributed by atoms with Gasteiger partial charge in [0.1, 0.15) is 11.6 Å². The molecule has 1 fully saturated rings. The molecular formula is C19H16F2N4O2. The number of amides is 1. The van der Waals surface area contributed by atoms with E-state index < -0.39 is 5.82 Å². The Morgan fingerprint density at radius 3 is 2.74 bits per heavy atom. The molecule has 2 aromatic heterocycles. The fourth-order valence-corrected chi connectivity index (χ4v) is 3.19. The van der Waals surface area contributed by atoms with Gasteiger partial charge in [-0.2, -0.15) is 4.98 Å². The Morgan fingerprint density at radius 1 is 1.15 bits per heavy atom. The maximum atomic E-state index is 13.3. The van der Waals surface area contributed by atoms with Gasteiger partial charge in [0.2, 0.25) is 0 Å². The number of nitrogens with zero attached hydrogens (tertiary/aromatic N) is 4. The van der Waals surface area contributed by atoms with Crippen molar-refractivity contribution in [3.63, 3.8) is 0 Å². The summed E-state index contributed by atoms with van der Waals surface area (Å²) in [6, 6.07) is 6.97. The van der Waals surface area contributed by atoms with Crippen molar-refractivity contribution in [2.45, 2.75) is 18.8 Å². The number of hydrogen-bond donors (Lipinski definition) is 0. The number of aromatic nitrogens is 3. The highest BCUT2D eigenvalue weighted by atomic mass is 19.1. The van der Waals surface area contributed by atoms with Gasteiger partial charge in [0, 0.05) is 30.8 Å². The van der Waals surface area contributed by atoms with E-state index in [1.165, 1.54) is 24.4 Å². The molecule has 1 aromatic carbocycles. The largest absolute Gasteiger partial charge is 0.338 e. The van der Waals surface area contributed by atoms with Crippen LogP contribution in [0.15, 0.2) is 47.2 Å². The predicted octanol–water partition coefficient (Wildman–Crippen LogP) is 3.43. The summed E-state index contributed by atoms with van der Waals surface area (Å²) in [7, 11) is 0. The average molecular weight is 370 g/mol. The third kappa shape index (κ3) is 3.69. The standard InChI is InChI=1S/C19H16F2N4O2/c20-15-5-3-12(4-6-15)18-23-17(24-27-18)13-2-1-7-25(11-13)19(26)14-8-16(21)10-22-9-14/h3-6,8-10,13H,1-2,7,11H2/t13-/m0/s1. The molecule has 1 aliphatic rings. The fourth-order valence-electron chi connectivity index (χ4n) is 3.19. The zero-order chi connectivity index (χ0) is 18.8. The molecule has 8 heteroatoms. The van der Waals surface area contributed by atoms with Crippen LogP contribution in [-0.2, 0) is 0 Å². The normalized spacial score (nSPS) is 17.1. The van der Waals surface area contributed by atoms with E-state index in [0.29, 0.717) is 30.4 Å². The molecule has 3 aromatic rings. The lowest BCUT2D eigenvalue weighted by Gasteiger charge is -2.31. The summed E-state index contributed by atoms with van der Waals surface area (Å²) in [6.45, 7) is 0.992. The van der Waals surface area contributed by atoms with Crippen LogP contribution < -0.4 is 0 Å². The number of carbonyl (C=O) groups is 1. The second-order valence-corrected chi connectivity index (χ2v) is 6.45. The van der Waals surface area contributed by atoms with Crippen molar-refractivity contribution < 1.29 is 18.1 Å². The summed E-state index contributed by atoms with van der Waals surface area (Å²) < 4.78 is 31.7. The number of likely N-dealkylation sites (tertiary alicyclic amines) is 1. The van der Waals surface area contributed by atoms with E-state index in [1.54, 1.807) is 17.0 Å². The van der Waals surface area contributed by atoms with Crippen LogP contribution in [0.4, 0.5) is 8.78 Å². The van der Waals surface area contributed by atoms with Crippen molar-refractivity contribution in [2.24, 2.45) is 0 Å². The lowest BCUT2D eigenvalue weighted by Crippen LogP contribution is -2.39. The Morgan fingerprint density at radius 2 is 1.96 bits per heavy atom. The molecule has 27 heavy (non-hydrogen) atoms. The lowest BCUT2D eigenvalue weighted by molar-refractivity contribution is 0.0702. The van der Waals surface area contributed by atoms with E-state index >= 15 is 0 Å². The summed E-state index contributed by atoms with van der Waals surface area (Å²) in [5.41, 5.74) is 0.848. The summed E-state index contributed by atoms with van der Waals surface area (Å²) in [6.07, 6.45) is 4.01. The number of hydrogen-bond acceptors (Lipinski definition) is 5. The van der Waals surface area contributed by atoms with Gasteiger partial charge < -0.3 is 9.42 Å². The zero-order valence-electron chi connectivity index (χ0n) is 14.3. The summed E-state index contributed by atoms with van der Waals surface area (Å²) in [4.78, 5) is 22.4. The maximum absolute atomic E-state index is 13.3. The van der Waals surface area contributed by atoms with Crippen LogP contribution in [-0.4, -0.2) is 39.0 Å². The van der Waals surface area contributed by atoms with E-state index in [9.17, 15) is 13.6 Å². The molecule has 1 amide bonds. The Labute approximate surface area is 153 Å². The number of benzene rings is 1. The maximum Gasteiger partial charge on any atom is 0.257 e. The van der Waals surface area contributed by atoms with E-state index in [-0.39, 0.29) is 23.2 Å². The second-order valence-electron chi connectivity index (χ2n) is 6.45. The number of carbonyl (C=O) groups excluding carboxylic acids is 1. The molecule has 1 saturated heterocycles. The van der Waals surface area contributed by atoms with Gasteiger partial charge in [-0.3, -0.25) is 9.78 Å². The molecule has 4 rings (SSSR count). The van der Waals surface area contributed by atoms with E-state index in [2.05, 4.69) is 15.1 Å². The molecule has 6 nitrogen and oxygen atoms in total. The SMILES string of the molecule is O=C(c1cncc(F)c1)N1CCC[C@H](c2noc(-c3ccc(F)cc3)n2)C1. The molecule has 1 aliphatic heterocycles. The van der Waals surface area contributed by atoms with Crippen molar-refractivity contribution >= 4 is 5.91 Å². The number of rotatable bonds is 3. The van der Waals surface area contributed by atoms with E-state index in [0.717, 1.165) is 19.0 Å². The summed E-state index contributed by atoms with van der Waals surface area (Å²) >= 11 is 0. The highest BCUT2D eigenvalue weighted by Crippen LogP contribution is 2.28. The van der Waals surface area contributed by atoms with E-state index in [1.807, 2.05) is 0 Å². The van der Waals surface area contributed by atoms with Crippen LogP contribution in [0.2, 0.25) is 0 Å². The molecular weight excluding hydrogens is 354 g/mol.